The van der Waals surface area contributed by atoms with Crippen LogP contribution in [0.2, 0.25) is 10.0 Å². The van der Waals surface area contributed by atoms with Crippen molar-refractivity contribution < 1.29 is 19.1 Å². The van der Waals surface area contributed by atoms with Crippen molar-refractivity contribution in [3.8, 4) is 12.3 Å². The molecule has 46 heavy (non-hydrogen) atoms. The van der Waals surface area contributed by atoms with Gasteiger partial charge in [-0.25, -0.2) is 4.39 Å². The second-order valence-corrected chi connectivity index (χ2v) is 13.9. The van der Waals surface area contributed by atoms with Crippen LogP contribution in [-0.2, 0) is 15.1 Å². The molecular formula is C37H48Cl2FN3O3. The lowest BCUT2D eigenvalue weighted by Crippen LogP contribution is -2.60. The molecule has 0 bridgehead atoms. The maximum Gasteiger partial charge on any atom is 0.238 e. The lowest BCUT2D eigenvalue weighted by Gasteiger charge is -2.51. The molecule has 250 valence electrons. The summed E-state index contributed by atoms with van der Waals surface area (Å²) in [5.41, 5.74) is 1.42. The molecule has 0 radical (unpaired) electrons. The number of carbonyl (C=O) groups is 2. The first-order valence-corrected chi connectivity index (χ1v) is 17.5. The van der Waals surface area contributed by atoms with E-state index in [0.717, 1.165) is 88.3 Å². The molecule has 6 nitrogen and oxygen atoms in total. The Kier molecular flexibility index (Phi) is 13.4. The third kappa shape index (κ3) is 8.44. The van der Waals surface area contributed by atoms with Crippen molar-refractivity contribution in [2.75, 3.05) is 18.5 Å². The molecule has 0 spiro atoms. The van der Waals surface area contributed by atoms with Gasteiger partial charge in [0.1, 0.15) is 5.82 Å². The highest BCUT2D eigenvalue weighted by Crippen LogP contribution is 2.48. The molecule has 2 amide bonds. The quantitative estimate of drug-likeness (QED) is 0.108. The molecule has 2 aromatic carbocycles. The van der Waals surface area contributed by atoms with Gasteiger partial charge in [-0.15, -0.1) is 12.3 Å². The van der Waals surface area contributed by atoms with Gasteiger partial charge in [-0.1, -0.05) is 86.8 Å². The largest absolute Gasteiger partial charge is 0.393 e. The SMILES string of the molecule is C#CCCCCCCCN(C=O)c1cc(Cl)ccc1C1(N(C)[C@@H](C(=O)NC2CC(O)C2)[C@@H](C)c2cccc(Cl)c2F)CCCCC1. The van der Waals surface area contributed by atoms with E-state index in [1.54, 1.807) is 17.0 Å². The van der Waals surface area contributed by atoms with E-state index < -0.39 is 29.4 Å². The van der Waals surface area contributed by atoms with Crippen LogP contribution in [0.4, 0.5) is 10.1 Å². The maximum absolute atomic E-state index is 15.5. The van der Waals surface area contributed by atoms with E-state index >= 15 is 4.39 Å². The maximum atomic E-state index is 15.5. The van der Waals surface area contributed by atoms with Crippen LogP contribution in [0, 0.1) is 18.2 Å². The molecule has 0 aliphatic heterocycles. The Morgan fingerprint density at radius 2 is 1.83 bits per heavy atom. The van der Waals surface area contributed by atoms with Crippen molar-refractivity contribution in [3.63, 3.8) is 0 Å². The van der Waals surface area contributed by atoms with Gasteiger partial charge >= 0.3 is 0 Å². The monoisotopic (exact) mass is 671 g/mol. The smallest absolute Gasteiger partial charge is 0.238 e. The number of terminal acetylenes is 1. The highest BCUT2D eigenvalue weighted by atomic mass is 35.5. The van der Waals surface area contributed by atoms with Crippen LogP contribution in [0.25, 0.3) is 0 Å². The average molecular weight is 673 g/mol. The van der Waals surface area contributed by atoms with Crippen LogP contribution in [0.5, 0.6) is 0 Å². The summed E-state index contributed by atoms with van der Waals surface area (Å²) in [5, 5.41) is 13.6. The number of carbonyl (C=O) groups excluding carboxylic acids is 2. The minimum absolute atomic E-state index is 0.0123. The summed E-state index contributed by atoms with van der Waals surface area (Å²) in [4.78, 5) is 30.7. The van der Waals surface area contributed by atoms with Crippen molar-refractivity contribution in [1.29, 1.82) is 0 Å². The molecule has 2 N–H and O–H groups in total. The molecule has 2 aromatic rings. The summed E-state index contributed by atoms with van der Waals surface area (Å²) in [6.07, 6.45) is 17.0. The molecule has 9 heteroatoms. The van der Waals surface area contributed by atoms with Gasteiger partial charge in [0, 0.05) is 41.2 Å². The van der Waals surface area contributed by atoms with Crippen molar-refractivity contribution in [1.82, 2.24) is 10.2 Å². The highest BCUT2D eigenvalue weighted by molar-refractivity contribution is 6.31. The Morgan fingerprint density at radius 1 is 1.13 bits per heavy atom. The Labute approximate surface area is 284 Å². The first kappa shape index (κ1) is 36.2. The lowest BCUT2D eigenvalue weighted by molar-refractivity contribution is -0.132. The molecule has 2 fully saturated rings. The summed E-state index contributed by atoms with van der Waals surface area (Å²) >= 11 is 12.8. The Morgan fingerprint density at radius 3 is 2.50 bits per heavy atom. The molecule has 0 heterocycles. The number of nitrogens with one attached hydrogen (secondary N) is 1. The minimum Gasteiger partial charge on any atom is -0.393 e. The number of aliphatic hydroxyl groups is 1. The van der Waals surface area contributed by atoms with Crippen LogP contribution in [-0.4, -0.2) is 54.1 Å². The number of anilines is 1. The fourth-order valence-corrected chi connectivity index (χ4v) is 7.74. The summed E-state index contributed by atoms with van der Waals surface area (Å²) in [6, 6.07) is 9.71. The predicted octanol–water partition coefficient (Wildman–Crippen LogP) is 7.97. The summed E-state index contributed by atoms with van der Waals surface area (Å²) in [7, 11) is 1.95. The Hall–Kier alpha value is -2.63. The zero-order valence-electron chi connectivity index (χ0n) is 27.1. The van der Waals surface area contributed by atoms with Gasteiger partial charge in [0.25, 0.3) is 0 Å². The van der Waals surface area contributed by atoms with Crippen molar-refractivity contribution in [2.24, 2.45) is 0 Å². The van der Waals surface area contributed by atoms with Crippen LogP contribution in [0.15, 0.2) is 36.4 Å². The van der Waals surface area contributed by atoms with Gasteiger partial charge in [-0.2, -0.15) is 0 Å². The van der Waals surface area contributed by atoms with Crippen LogP contribution in [0.3, 0.4) is 0 Å². The first-order valence-electron chi connectivity index (χ1n) is 16.7. The van der Waals surface area contributed by atoms with Crippen molar-refractivity contribution >= 4 is 41.2 Å². The third-order valence-electron chi connectivity index (χ3n) is 10.1. The van der Waals surface area contributed by atoms with Gasteiger partial charge in [-0.05, 0) is 74.9 Å². The van der Waals surface area contributed by atoms with E-state index in [0.29, 0.717) is 30.0 Å². The predicted molar refractivity (Wildman–Crippen MR) is 185 cm³/mol. The number of halogens is 3. The molecule has 2 aliphatic rings. The molecule has 4 rings (SSSR count). The second-order valence-electron chi connectivity index (χ2n) is 13.1. The molecule has 0 saturated heterocycles. The zero-order valence-corrected chi connectivity index (χ0v) is 28.6. The second kappa shape index (κ2) is 17.0. The summed E-state index contributed by atoms with van der Waals surface area (Å²) in [5.74, 6) is 1.38. The van der Waals surface area contributed by atoms with Crippen LogP contribution in [0.1, 0.15) is 107 Å². The summed E-state index contributed by atoms with van der Waals surface area (Å²) in [6.45, 7) is 2.41. The number of rotatable bonds is 16. The average Bonchev–Trinajstić information content (AvgIpc) is 3.03. The standard InChI is InChI=1S/C37H48Cl2FN3O3/c1-4-5-6-7-8-9-13-21-43(25-44)33-22-27(38)17-18-31(33)37(19-11-10-12-20-37)42(3)35(36(46)41-28-23-29(45)24-28)26(2)30-15-14-16-32(39)34(30)40/h1,14-18,22,25-26,28-29,35,45H,5-13,19-21,23-24H2,2-3H3,(H,41,46)/t26-,28?,29?,35+/m0/s1. The van der Waals surface area contributed by atoms with E-state index in [4.69, 9.17) is 29.6 Å². The Bertz CT molecular complexity index is 1370. The van der Waals surface area contributed by atoms with Crippen LogP contribution >= 0.6 is 23.2 Å². The number of hydrogen-bond donors (Lipinski definition) is 2. The highest BCUT2D eigenvalue weighted by Gasteiger charge is 2.47. The first-order chi connectivity index (χ1) is 22.1. The topological polar surface area (TPSA) is 72.9 Å². The third-order valence-corrected chi connectivity index (χ3v) is 10.6. The van der Waals surface area contributed by atoms with Gasteiger partial charge < -0.3 is 15.3 Å². The number of likely N-dealkylation sites (N-methyl/N-ethyl adjacent to an activating group) is 1. The van der Waals surface area contributed by atoms with E-state index in [9.17, 15) is 14.7 Å². The van der Waals surface area contributed by atoms with Gasteiger partial charge in [0.2, 0.25) is 12.3 Å². The minimum atomic E-state index is -0.764. The number of unbranched alkanes of at least 4 members (excludes halogenated alkanes) is 5. The number of hydrogen-bond acceptors (Lipinski definition) is 4. The van der Waals surface area contributed by atoms with Crippen molar-refractivity contribution in [2.45, 2.75) is 120 Å². The van der Waals surface area contributed by atoms with Crippen molar-refractivity contribution in [3.05, 3.63) is 63.4 Å². The number of nitrogens with zero attached hydrogens (tertiary/aromatic N) is 2. The number of amides is 2. The zero-order chi connectivity index (χ0) is 33.3. The fourth-order valence-electron chi connectivity index (χ4n) is 7.39. The molecule has 2 aliphatic carbocycles. The van der Waals surface area contributed by atoms with E-state index in [-0.39, 0.29) is 17.0 Å². The van der Waals surface area contributed by atoms with Gasteiger partial charge in [-0.3, -0.25) is 14.5 Å². The van der Waals surface area contributed by atoms with Gasteiger partial charge in [0.05, 0.1) is 17.2 Å². The van der Waals surface area contributed by atoms with Crippen LogP contribution < -0.4 is 10.2 Å². The molecular weight excluding hydrogens is 624 g/mol. The molecule has 2 atom stereocenters. The lowest BCUT2D eigenvalue weighted by atomic mass is 9.73. The molecule has 0 unspecified atom stereocenters. The molecule has 0 aromatic heterocycles. The molecule has 2 saturated carbocycles. The van der Waals surface area contributed by atoms with Gasteiger partial charge in [0.15, 0.2) is 0 Å². The number of benzene rings is 2. The van der Waals surface area contributed by atoms with E-state index in [1.165, 1.54) is 6.07 Å². The Balaban J connectivity index is 1.72. The van der Waals surface area contributed by atoms with E-state index in [2.05, 4.69) is 16.1 Å². The van der Waals surface area contributed by atoms with E-state index in [1.807, 2.05) is 32.2 Å². The number of aliphatic hydroxyl groups excluding tert-OH is 1. The normalized spacial score (nSPS) is 20.3. The summed E-state index contributed by atoms with van der Waals surface area (Å²) < 4.78 is 15.5. The fraction of sp³-hybridized carbons (Fsp3) is 0.568.